The third-order valence-corrected chi connectivity index (χ3v) is 2.71. The molecule has 2 rings (SSSR count). The Morgan fingerprint density at radius 1 is 1.26 bits per heavy atom. The van der Waals surface area contributed by atoms with E-state index in [0.29, 0.717) is 17.3 Å². The van der Waals surface area contributed by atoms with Crippen LogP contribution in [0.25, 0.3) is 0 Å². The molecule has 2 aromatic rings. The maximum atomic E-state index is 11.7. The number of nitrogens with one attached hydrogen (secondary N) is 2. The van der Waals surface area contributed by atoms with Crippen molar-refractivity contribution in [1.82, 2.24) is 15.3 Å². The summed E-state index contributed by atoms with van der Waals surface area (Å²) in [7, 11) is 0. The predicted octanol–water partition coefficient (Wildman–Crippen LogP) is 1.86. The van der Waals surface area contributed by atoms with E-state index in [4.69, 9.17) is 11.6 Å². The standard InChI is InChI=1S/C13H13ClN4O/c14-11-3-1-2-4-12(11)18-13(19)8-16-7-10-5-6-15-9-17-10/h1-6,9,16H,7-8H2,(H,18,19). The van der Waals surface area contributed by atoms with E-state index in [0.717, 1.165) is 5.69 Å². The number of anilines is 1. The maximum Gasteiger partial charge on any atom is 0.238 e. The summed E-state index contributed by atoms with van der Waals surface area (Å²) in [6, 6.07) is 8.90. The topological polar surface area (TPSA) is 66.9 Å². The second-order valence-electron chi connectivity index (χ2n) is 3.83. The van der Waals surface area contributed by atoms with Crippen molar-refractivity contribution >= 4 is 23.2 Å². The van der Waals surface area contributed by atoms with Crippen molar-refractivity contribution in [1.29, 1.82) is 0 Å². The minimum Gasteiger partial charge on any atom is -0.324 e. The van der Waals surface area contributed by atoms with Crippen LogP contribution in [0.4, 0.5) is 5.69 Å². The molecule has 98 valence electrons. The Morgan fingerprint density at radius 2 is 2.11 bits per heavy atom. The van der Waals surface area contributed by atoms with E-state index in [1.54, 1.807) is 24.4 Å². The quantitative estimate of drug-likeness (QED) is 0.875. The zero-order valence-electron chi connectivity index (χ0n) is 10.1. The van der Waals surface area contributed by atoms with E-state index < -0.39 is 0 Å². The summed E-state index contributed by atoms with van der Waals surface area (Å²) in [6.45, 7) is 0.702. The minimum absolute atomic E-state index is 0.151. The SMILES string of the molecule is O=C(CNCc1ccncn1)Nc1ccccc1Cl. The van der Waals surface area contributed by atoms with Gasteiger partial charge in [0.1, 0.15) is 6.33 Å². The molecular weight excluding hydrogens is 264 g/mol. The second kappa shape index (κ2) is 6.82. The van der Waals surface area contributed by atoms with Crippen molar-refractivity contribution in [2.75, 3.05) is 11.9 Å². The summed E-state index contributed by atoms with van der Waals surface area (Å²) in [5.41, 5.74) is 1.44. The number of nitrogens with zero attached hydrogens (tertiary/aromatic N) is 2. The lowest BCUT2D eigenvalue weighted by molar-refractivity contribution is -0.115. The van der Waals surface area contributed by atoms with Gasteiger partial charge in [0, 0.05) is 12.7 Å². The van der Waals surface area contributed by atoms with Crippen LogP contribution >= 0.6 is 11.6 Å². The predicted molar refractivity (Wildman–Crippen MR) is 73.8 cm³/mol. The molecule has 0 radical (unpaired) electrons. The van der Waals surface area contributed by atoms with Gasteiger partial charge in [0.2, 0.25) is 5.91 Å². The van der Waals surface area contributed by atoms with E-state index in [9.17, 15) is 4.79 Å². The number of benzene rings is 1. The Balaban J connectivity index is 1.78. The third kappa shape index (κ3) is 4.31. The molecule has 1 aromatic heterocycles. The van der Waals surface area contributed by atoms with Crippen molar-refractivity contribution in [3.05, 3.63) is 53.6 Å². The van der Waals surface area contributed by atoms with Gasteiger partial charge in [-0.2, -0.15) is 0 Å². The summed E-state index contributed by atoms with van der Waals surface area (Å²) in [5, 5.41) is 6.25. The molecule has 0 bridgehead atoms. The van der Waals surface area contributed by atoms with Crippen molar-refractivity contribution in [2.45, 2.75) is 6.54 Å². The van der Waals surface area contributed by atoms with Crippen LogP contribution in [0, 0.1) is 0 Å². The first-order valence-corrected chi connectivity index (χ1v) is 6.13. The number of carbonyl (C=O) groups excluding carboxylic acids is 1. The first-order valence-electron chi connectivity index (χ1n) is 5.75. The zero-order valence-corrected chi connectivity index (χ0v) is 10.9. The lowest BCUT2D eigenvalue weighted by Crippen LogP contribution is -2.28. The number of amides is 1. The highest BCUT2D eigenvalue weighted by Gasteiger charge is 2.04. The lowest BCUT2D eigenvalue weighted by atomic mass is 10.3. The van der Waals surface area contributed by atoms with Gasteiger partial charge in [-0.25, -0.2) is 9.97 Å². The molecule has 0 spiro atoms. The van der Waals surface area contributed by atoms with Gasteiger partial charge < -0.3 is 10.6 Å². The van der Waals surface area contributed by atoms with Gasteiger partial charge in [-0.1, -0.05) is 23.7 Å². The van der Waals surface area contributed by atoms with Gasteiger partial charge in [-0.3, -0.25) is 4.79 Å². The van der Waals surface area contributed by atoms with E-state index in [1.165, 1.54) is 6.33 Å². The number of aromatic nitrogens is 2. The monoisotopic (exact) mass is 276 g/mol. The van der Waals surface area contributed by atoms with Crippen LogP contribution in [0.5, 0.6) is 0 Å². The minimum atomic E-state index is -0.151. The molecule has 0 aliphatic heterocycles. The summed E-state index contributed by atoms with van der Waals surface area (Å²) in [5.74, 6) is -0.151. The average Bonchev–Trinajstić information content (AvgIpc) is 2.43. The molecule has 0 fully saturated rings. The number of halogens is 1. The van der Waals surface area contributed by atoms with Crippen LogP contribution in [0.2, 0.25) is 5.02 Å². The van der Waals surface area contributed by atoms with Crippen molar-refractivity contribution in [3.63, 3.8) is 0 Å². The normalized spacial score (nSPS) is 10.2. The molecule has 1 amide bonds. The van der Waals surface area contributed by atoms with Crippen LogP contribution in [-0.4, -0.2) is 22.4 Å². The molecule has 0 aliphatic carbocycles. The van der Waals surface area contributed by atoms with Crippen molar-refractivity contribution < 1.29 is 4.79 Å². The Bertz CT molecular complexity index is 547. The molecule has 6 heteroatoms. The molecule has 2 N–H and O–H groups in total. The van der Waals surface area contributed by atoms with Crippen LogP contribution in [0.1, 0.15) is 5.69 Å². The van der Waals surface area contributed by atoms with Crippen molar-refractivity contribution in [2.24, 2.45) is 0 Å². The average molecular weight is 277 g/mol. The van der Waals surface area contributed by atoms with Crippen LogP contribution in [-0.2, 0) is 11.3 Å². The van der Waals surface area contributed by atoms with E-state index in [-0.39, 0.29) is 12.5 Å². The van der Waals surface area contributed by atoms with Crippen LogP contribution in [0.3, 0.4) is 0 Å². The molecule has 19 heavy (non-hydrogen) atoms. The van der Waals surface area contributed by atoms with E-state index >= 15 is 0 Å². The molecule has 1 heterocycles. The third-order valence-electron chi connectivity index (χ3n) is 2.38. The fourth-order valence-electron chi connectivity index (χ4n) is 1.48. The summed E-state index contributed by atoms with van der Waals surface area (Å²) in [6.07, 6.45) is 3.13. The van der Waals surface area contributed by atoms with Gasteiger partial charge in [-0.15, -0.1) is 0 Å². The van der Waals surface area contributed by atoms with Gasteiger partial charge >= 0.3 is 0 Å². The summed E-state index contributed by atoms with van der Waals surface area (Å²) >= 11 is 5.95. The zero-order chi connectivity index (χ0) is 13.5. The highest BCUT2D eigenvalue weighted by molar-refractivity contribution is 6.33. The van der Waals surface area contributed by atoms with Crippen molar-refractivity contribution in [3.8, 4) is 0 Å². The van der Waals surface area contributed by atoms with Gasteiger partial charge in [0.15, 0.2) is 0 Å². The number of carbonyl (C=O) groups is 1. The van der Waals surface area contributed by atoms with Gasteiger partial charge in [0.25, 0.3) is 0 Å². The van der Waals surface area contributed by atoms with Gasteiger partial charge in [0.05, 0.1) is 22.9 Å². The van der Waals surface area contributed by atoms with E-state index in [2.05, 4.69) is 20.6 Å². The number of hydrogen-bond donors (Lipinski definition) is 2. The molecule has 0 saturated heterocycles. The molecule has 5 nitrogen and oxygen atoms in total. The second-order valence-corrected chi connectivity index (χ2v) is 4.24. The molecule has 0 aliphatic rings. The highest BCUT2D eigenvalue weighted by atomic mass is 35.5. The maximum absolute atomic E-state index is 11.7. The van der Waals surface area contributed by atoms with Gasteiger partial charge in [-0.05, 0) is 18.2 Å². The van der Waals surface area contributed by atoms with Crippen LogP contribution in [0.15, 0.2) is 42.9 Å². The smallest absolute Gasteiger partial charge is 0.238 e. The summed E-state index contributed by atoms with van der Waals surface area (Å²) in [4.78, 5) is 19.6. The number of hydrogen-bond acceptors (Lipinski definition) is 4. The summed E-state index contributed by atoms with van der Waals surface area (Å²) < 4.78 is 0. The first-order chi connectivity index (χ1) is 9.25. The van der Waals surface area contributed by atoms with Crippen LogP contribution < -0.4 is 10.6 Å². The molecule has 1 aromatic carbocycles. The Morgan fingerprint density at radius 3 is 2.84 bits per heavy atom. The first kappa shape index (κ1) is 13.5. The highest BCUT2D eigenvalue weighted by Crippen LogP contribution is 2.19. The number of para-hydroxylation sites is 1. The Hall–Kier alpha value is -1.98. The Labute approximate surface area is 116 Å². The van der Waals surface area contributed by atoms with E-state index in [1.807, 2.05) is 12.1 Å². The lowest BCUT2D eigenvalue weighted by Gasteiger charge is -2.07. The molecule has 0 atom stereocenters. The molecule has 0 saturated carbocycles. The largest absolute Gasteiger partial charge is 0.324 e. The number of rotatable bonds is 5. The fraction of sp³-hybridized carbons (Fsp3) is 0.154. The molecule has 0 unspecified atom stereocenters. The fourth-order valence-corrected chi connectivity index (χ4v) is 1.67. The molecular formula is C13H13ClN4O. The Kier molecular flexibility index (Phi) is 4.83.